The van der Waals surface area contributed by atoms with Gasteiger partial charge >= 0.3 is 0 Å². The van der Waals surface area contributed by atoms with Gasteiger partial charge < -0.3 is 10.1 Å². The number of carbonyl (C=O) groups excluding carboxylic acids is 1. The standard InChI is InChI=1S/C17H28N4O4S2/c1-14-11-21(12-15(2)25-14)27(23,24)20-7-5-19(6-8-20)13-17(22)18-10-16-4-3-9-26-16/h3-4,9,14-15H,5-8,10-13H2,1-2H3,(H,18,22)/t14-,15+. The van der Waals surface area contributed by atoms with Crippen LogP contribution < -0.4 is 5.32 Å². The van der Waals surface area contributed by atoms with Gasteiger partial charge in [-0.1, -0.05) is 6.07 Å². The fraction of sp³-hybridized carbons (Fsp3) is 0.706. The number of nitrogens with zero attached hydrogens (tertiary/aromatic N) is 3. The molecule has 0 radical (unpaired) electrons. The zero-order valence-corrected chi connectivity index (χ0v) is 17.5. The smallest absolute Gasteiger partial charge is 0.282 e. The van der Waals surface area contributed by atoms with Crippen LogP contribution in [0.15, 0.2) is 17.5 Å². The summed E-state index contributed by atoms with van der Waals surface area (Å²) < 4.78 is 34.5. The number of thiophene rings is 1. The first-order valence-corrected chi connectivity index (χ1v) is 11.5. The molecule has 2 atom stereocenters. The molecule has 0 aliphatic carbocycles. The van der Waals surface area contributed by atoms with E-state index in [4.69, 9.17) is 4.74 Å². The van der Waals surface area contributed by atoms with Crippen LogP contribution in [-0.2, 0) is 26.3 Å². The number of nitrogens with one attached hydrogen (secondary N) is 1. The molecule has 1 N–H and O–H groups in total. The highest BCUT2D eigenvalue weighted by Gasteiger charge is 2.36. The Labute approximate surface area is 165 Å². The molecular weight excluding hydrogens is 388 g/mol. The van der Waals surface area contributed by atoms with Crippen molar-refractivity contribution in [2.75, 3.05) is 45.8 Å². The Kier molecular flexibility index (Phi) is 6.88. The van der Waals surface area contributed by atoms with Gasteiger partial charge in [0.05, 0.1) is 25.3 Å². The normalized spacial score (nSPS) is 26.1. The predicted octanol–water partition coefficient (Wildman–Crippen LogP) is 0.336. The molecular formula is C17H28N4O4S2. The maximum Gasteiger partial charge on any atom is 0.282 e. The first kappa shape index (κ1) is 20.7. The lowest BCUT2D eigenvalue weighted by Gasteiger charge is -2.40. The van der Waals surface area contributed by atoms with Gasteiger partial charge in [0, 0.05) is 44.1 Å². The lowest BCUT2D eigenvalue weighted by Crippen LogP contribution is -2.57. The zero-order chi connectivity index (χ0) is 19.4. The van der Waals surface area contributed by atoms with Crippen LogP contribution in [0.4, 0.5) is 0 Å². The van der Waals surface area contributed by atoms with E-state index in [9.17, 15) is 13.2 Å². The minimum Gasteiger partial charge on any atom is -0.373 e. The number of rotatable bonds is 6. The van der Waals surface area contributed by atoms with Gasteiger partial charge in [0.1, 0.15) is 0 Å². The average Bonchev–Trinajstić information content (AvgIpc) is 3.13. The molecule has 2 aliphatic rings. The minimum atomic E-state index is -3.48. The summed E-state index contributed by atoms with van der Waals surface area (Å²) in [7, 11) is -3.48. The van der Waals surface area contributed by atoms with E-state index in [1.807, 2.05) is 36.3 Å². The third-order valence-electron chi connectivity index (χ3n) is 4.78. The summed E-state index contributed by atoms with van der Waals surface area (Å²) in [5, 5.41) is 4.89. The number of carbonyl (C=O) groups is 1. The fourth-order valence-electron chi connectivity index (χ4n) is 3.46. The summed E-state index contributed by atoms with van der Waals surface area (Å²) in [5.41, 5.74) is 0. The summed E-state index contributed by atoms with van der Waals surface area (Å²) in [6, 6.07) is 3.95. The third-order valence-corrected chi connectivity index (χ3v) is 7.62. The molecule has 152 valence electrons. The number of morpholine rings is 1. The summed E-state index contributed by atoms with van der Waals surface area (Å²) in [6.07, 6.45) is -0.200. The summed E-state index contributed by atoms with van der Waals surface area (Å²) in [5.74, 6) is -0.0319. The van der Waals surface area contributed by atoms with Gasteiger partial charge in [0.15, 0.2) is 0 Å². The van der Waals surface area contributed by atoms with E-state index >= 15 is 0 Å². The van der Waals surface area contributed by atoms with Crippen LogP contribution in [0.5, 0.6) is 0 Å². The molecule has 1 amide bonds. The predicted molar refractivity (Wildman–Crippen MR) is 105 cm³/mol. The SMILES string of the molecule is C[C@@H]1CN(S(=O)(=O)N2CCN(CC(=O)NCc3cccs3)CC2)C[C@H](C)O1. The van der Waals surface area contributed by atoms with E-state index < -0.39 is 10.2 Å². The second kappa shape index (κ2) is 8.97. The van der Waals surface area contributed by atoms with Crippen molar-refractivity contribution in [2.45, 2.75) is 32.6 Å². The molecule has 2 aliphatic heterocycles. The van der Waals surface area contributed by atoms with Crippen LogP contribution in [0.3, 0.4) is 0 Å². The van der Waals surface area contributed by atoms with Gasteiger partial charge in [-0.15, -0.1) is 11.3 Å². The lowest BCUT2D eigenvalue weighted by molar-refractivity contribution is -0.122. The molecule has 0 saturated carbocycles. The Balaban J connectivity index is 1.45. The third kappa shape index (κ3) is 5.49. The van der Waals surface area contributed by atoms with Crippen LogP contribution in [0.1, 0.15) is 18.7 Å². The maximum atomic E-state index is 12.9. The van der Waals surface area contributed by atoms with Crippen molar-refractivity contribution in [3.05, 3.63) is 22.4 Å². The highest BCUT2D eigenvalue weighted by atomic mass is 32.2. The molecule has 3 rings (SSSR count). The highest BCUT2D eigenvalue weighted by Crippen LogP contribution is 2.18. The first-order valence-electron chi connectivity index (χ1n) is 9.26. The van der Waals surface area contributed by atoms with Crippen molar-refractivity contribution < 1.29 is 17.9 Å². The molecule has 8 nitrogen and oxygen atoms in total. The molecule has 27 heavy (non-hydrogen) atoms. The molecule has 3 heterocycles. The molecule has 10 heteroatoms. The van der Waals surface area contributed by atoms with E-state index in [-0.39, 0.29) is 18.1 Å². The Morgan fingerprint density at radius 2 is 1.85 bits per heavy atom. The van der Waals surface area contributed by atoms with Gasteiger partial charge in [-0.25, -0.2) is 0 Å². The summed E-state index contributed by atoms with van der Waals surface area (Å²) in [6.45, 7) is 7.32. The van der Waals surface area contributed by atoms with Crippen molar-refractivity contribution in [3.8, 4) is 0 Å². The summed E-state index contributed by atoms with van der Waals surface area (Å²) in [4.78, 5) is 15.2. The van der Waals surface area contributed by atoms with Gasteiger partial charge in [-0.05, 0) is 25.3 Å². The maximum absolute atomic E-state index is 12.9. The van der Waals surface area contributed by atoms with Crippen LogP contribution in [0, 0.1) is 0 Å². The van der Waals surface area contributed by atoms with Crippen molar-refractivity contribution >= 4 is 27.5 Å². The van der Waals surface area contributed by atoms with E-state index in [1.165, 1.54) is 8.61 Å². The van der Waals surface area contributed by atoms with E-state index in [1.54, 1.807) is 11.3 Å². The molecule has 2 saturated heterocycles. The Hall–Kier alpha value is -1.04. The van der Waals surface area contributed by atoms with Crippen LogP contribution in [-0.4, -0.2) is 85.9 Å². The molecule has 2 fully saturated rings. The number of ether oxygens (including phenoxy) is 1. The Morgan fingerprint density at radius 1 is 1.19 bits per heavy atom. The topological polar surface area (TPSA) is 82.2 Å². The average molecular weight is 417 g/mol. The lowest BCUT2D eigenvalue weighted by atomic mass is 10.3. The van der Waals surface area contributed by atoms with Gasteiger partial charge in [0.25, 0.3) is 10.2 Å². The van der Waals surface area contributed by atoms with Gasteiger partial charge in [-0.3, -0.25) is 9.69 Å². The Morgan fingerprint density at radius 3 is 2.44 bits per heavy atom. The molecule has 1 aromatic heterocycles. The Bertz CT molecular complexity index is 707. The largest absolute Gasteiger partial charge is 0.373 e. The second-order valence-electron chi connectivity index (χ2n) is 7.11. The van der Waals surface area contributed by atoms with Crippen molar-refractivity contribution in [2.24, 2.45) is 0 Å². The van der Waals surface area contributed by atoms with Crippen LogP contribution >= 0.6 is 11.3 Å². The number of amides is 1. The van der Waals surface area contributed by atoms with E-state index in [0.29, 0.717) is 52.4 Å². The van der Waals surface area contributed by atoms with Crippen molar-refractivity contribution in [3.63, 3.8) is 0 Å². The molecule has 0 aromatic carbocycles. The van der Waals surface area contributed by atoms with Crippen molar-refractivity contribution in [1.29, 1.82) is 0 Å². The molecule has 0 bridgehead atoms. The summed E-state index contributed by atoms with van der Waals surface area (Å²) >= 11 is 1.61. The zero-order valence-electron chi connectivity index (χ0n) is 15.8. The number of hydrogen-bond acceptors (Lipinski definition) is 6. The van der Waals surface area contributed by atoms with E-state index in [0.717, 1.165) is 4.88 Å². The van der Waals surface area contributed by atoms with Crippen LogP contribution in [0.2, 0.25) is 0 Å². The fourth-order valence-corrected chi connectivity index (χ4v) is 5.85. The highest BCUT2D eigenvalue weighted by molar-refractivity contribution is 7.86. The van der Waals surface area contributed by atoms with Gasteiger partial charge in [0.2, 0.25) is 5.91 Å². The minimum absolute atomic E-state index is 0.0319. The monoisotopic (exact) mass is 416 g/mol. The van der Waals surface area contributed by atoms with Gasteiger partial charge in [-0.2, -0.15) is 17.0 Å². The quantitative estimate of drug-likeness (QED) is 0.723. The number of hydrogen-bond donors (Lipinski definition) is 1. The second-order valence-corrected chi connectivity index (χ2v) is 10.1. The first-order chi connectivity index (χ1) is 12.8. The molecule has 1 aromatic rings. The van der Waals surface area contributed by atoms with Crippen molar-refractivity contribution in [1.82, 2.24) is 18.8 Å². The molecule has 0 unspecified atom stereocenters. The molecule has 0 spiro atoms. The van der Waals surface area contributed by atoms with Crippen LogP contribution in [0.25, 0.3) is 0 Å². The number of piperazine rings is 1. The van der Waals surface area contributed by atoms with E-state index in [2.05, 4.69) is 5.32 Å².